The van der Waals surface area contributed by atoms with Crippen molar-refractivity contribution in [1.82, 2.24) is 0 Å². The van der Waals surface area contributed by atoms with Gasteiger partial charge in [0, 0.05) is 10.5 Å². The number of nitrogens with zero attached hydrogens (tertiary/aromatic N) is 2. The first-order chi connectivity index (χ1) is 7.36. The summed E-state index contributed by atoms with van der Waals surface area (Å²) in [4.78, 5) is 0.282. The summed E-state index contributed by atoms with van der Waals surface area (Å²) < 4.78 is 37.6. The molecule has 0 aromatic carbocycles. The Bertz CT molecular complexity index is 394. The number of thiocyanates is 1. The van der Waals surface area contributed by atoms with Crippen LogP contribution in [-0.2, 0) is 0 Å². The first-order valence-corrected chi connectivity index (χ1v) is 5.13. The van der Waals surface area contributed by atoms with E-state index in [1.54, 1.807) is 12.3 Å². The van der Waals surface area contributed by atoms with Crippen molar-refractivity contribution < 1.29 is 13.2 Å². The van der Waals surface area contributed by atoms with E-state index in [4.69, 9.17) is 10.5 Å². The van der Waals surface area contributed by atoms with Gasteiger partial charge in [0.05, 0.1) is 11.6 Å². The van der Waals surface area contributed by atoms with Crippen molar-refractivity contribution in [3.63, 3.8) is 0 Å². The van der Waals surface area contributed by atoms with Crippen molar-refractivity contribution in [2.75, 3.05) is 0 Å². The Balaban J connectivity index is 5.45. The fourth-order valence-corrected chi connectivity index (χ4v) is 1.32. The van der Waals surface area contributed by atoms with Crippen molar-refractivity contribution >= 4 is 11.8 Å². The molecule has 0 bridgehead atoms. The topological polar surface area (TPSA) is 47.6 Å². The monoisotopic (exact) mass is 246 g/mol. The molecule has 86 valence electrons. The van der Waals surface area contributed by atoms with Gasteiger partial charge < -0.3 is 0 Å². The largest absolute Gasteiger partial charge is 0.417 e. The lowest BCUT2D eigenvalue weighted by atomic mass is 10.1. The van der Waals surface area contributed by atoms with Gasteiger partial charge in [0.2, 0.25) is 0 Å². The van der Waals surface area contributed by atoms with Crippen LogP contribution in [0.15, 0.2) is 22.1 Å². The van der Waals surface area contributed by atoms with Gasteiger partial charge in [-0.3, -0.25) is 0 Å². The van der Waals surface area contributed by atoms with Crippen molar-refractivity contribution in [3.05, 3.63) is 22.1 Å². The maximum absolute atomic E-state index is 12.5. The van der Waals surface area contributed by atoms with Gasteiger partial charge in [0.15, 0.2) is 0 Å². The molecule has 0 saturated heterocycles. The van der Waals surface area contributed by atoms with Crippen LogP contribution in [0.1, 0.15) is 20.3 Å². The van der Waals surface area contributed by atoms with Crippen molar-refractivity contribution in [2.24, 2.45) is 0 Å². The molecule has 0 unspecified atom stereocenters. The smallest absolute Gasteiger partial charge is 0.193 e. The predicted molar refractivity (Wildman–Crippen MR) is 55.9 cm³/mol. The van der Waals surface area contributed by atoms with Gasteiger partial charge in [-0.05, 0) is 31.2 Å². The molecule has 0 aliphatic carbocycles. The van der Waals surface area contributed by atoms with Crippen LogP contribution in [0.2, 0.25) is 0 Å². The van der Waals surface area contributed by atoms with Crippen LogP contribution in [0.25, 0.3) is 0 Å². The minimum Gasteiger partial charge on any atom is -0.193 e. The standard InChI is InChI=1S/C10H9F3N2S/c1-3-8(16-6-15)4-9(7(2)5-14)10(11,12)13/h4H,3H2,1-2H3/b8-4+,9-7-. The highest BCUT2D eigenvalue weighted by Gasteiger charge is 2.34. The van der Waals surface area contributed by atoms with Crippen LogP contribution in [0.3, 0.4) is 0 Å². The fraction of sp³-hybridized carbons (Fsp3) is 0.400. The first kappa shape index (κ1) is 14.6. The van der Waals surface area contributed by atoms with Crippen LogP contribution in [-0.4, -0.2) is 6.18 Å². The van der Waals surface area contributed by atoms with E-state index in [1.165, 1.54) is 6.07 Å². The maximum Gasteiger partial charge on any atom is 0.417 e. The summed E-state index contributed by atoms with van der Waals surface area (Å²) in [6.07, 6.45) is -3.40. The molecule has 0 aromatic heterocycles. The average Bonchev–Trinajstić information content (AvgIpc) is 2.21. The van der Waals surface area contributed by atoms with Crippen LogP contribution in [0.4, 0.5) is 13.2 Å². The molecule has 0 amide bonds. The zero-order chi connectivity index (χ0) is 12.8. The Hall–Kier alpha value is -1.40. The molecule has 0 aromatic rings. The molecule has 0 radical (unpaired) electrons. The Morgan fingerprint density at radius 2 is 1.94 bits per heavy atom. The predicted octanol–water partition coefficient (Wildman–Crippen LogP) is 3.90. The van der Waals surface area contributed by atoms with Crippen LogP contribution in [0, 0.1) is 22.0 Å². The number of rotatable bonds is 3. The second kappa shape index (κ2) is 6.24. The number of thioether (sulfide) groups is 1. The Morgan fingerprint density at radius 3 is 2.25 bits per heavy atom. The van der Waals surface area contributed by atoms with Crippen molar-refractivity contribution in [2.45, 2.75) is 26.4 Å². The summed E-state index contributed by atoms with van der Waals surface area (Å²) in [5.74, 6) is 0. The van der Waals surface area contributed by atoms with Crippen LogP contribution < -0.4 is 0 Å². The molecular weight excluding hydrogens is 237 g/mol. The van der Waals surface area contributed by atoms with Crippen molar-refractivity contribution in [1.29, 1.82) is 10.5 Å². The number of nitriles is 2. The quantitative estimate of drug-likeness (QED) is 0.431. The van der Waals surface area contributed by atoms with Gasteiger partial charge in [0.25, 0.3) is 0 Å². The Kier molecular flexibility index (Phi) is 5.69. The third-order valence-corrected chi connectivity index (χ3v) is 2.47. The van der Waals surface area contributed by atoms with E-state index < -0.39 is 17.3 Å². The summed E-state index contributed by atoms with van der Waals surface area (Å²) in [7, 11) is 0. The highest BCUT2D eigenvalue weighted by Crippen LogP contribution is 2.32. The minimum atomic E-state index is -4.57. The van der Waals surface area contributed by atoms with E-state index >= 15 is 0 Å². The third-order valence-electron chi connectivity index (χ3n) is 1.71. The molecule has 16 heavy (non-hydrogen) atoms. The van der Waals surface area contributed by atoms with Gasteiger partial charge >= 0.3 is 6.18 Å². The van der Waals surface area contributed by atoms with E-state index in [0.29, 0.717) is 18.2 Å². The molecule has 0 spiro atoms. The molecule has 6 heteroatoms. The maximum atomic E-state index is 12.5. The molecule has 0 rings (SSSR count). The number of alkyl halides is 3. The lowest BCUT2D eigenvalue weighted by molar-refractivity contribution is -0.0887. The molecule has 0 fully saturated rings. The van der Waals surface area contributed by atoms with Gasteiger partial charge in [0.1, 0.15) is 5.40 Å². The second-order valence-corrected chi connectivity index (χ2v) is 3.72. The molecule has 2 nitrogen and oxygen atoms in total. The summed E-state index contributed by atoms with van der Waals surface area (Å²) >= 11 is 0.672. The number of allylic oxidation sites excluding steroid dienone is 4. The molecule has 0 aliphatic rings. The zero-order valence-corrected chi connectivity index (χ0v) is 9.54. The summed E-state index contributed by atoms with van der Waals surface area (Å²) in [6, 6.07) is 1.47. The lowest BCUT2D eigenvalue weighted by Gasteiger charge is -2.09. The fourth-order valence-electron chi connectivity index (χ4n) is 0.886. The number of halogens is 3. The zero-order valence-electron chi connectivity index (χ0n) is 8.72. The highest BCUT2D eigenvalue weighted by atomic mass is 32.2. The summed E-state index contributed by atoms with van der Waals surface area (Å²) in [5, 5.41) is 18.6. The van der Waals surface area contributed by atoms with Gasteiger partial charge in [-0.1, -0.05) is 6.92 Å². The average molecular weight is 246 g/mol. The van der Waals surface area contributed by atoms with Crippen LogP contribution >= 0.6 is 11.8 Å². The summed E-state index contributed by atoms with van der Waals surface area (Å²) in [6.45, 7) is 2.75. The first-order valence-electron chi connectivity index (χ1n) is 4.31. The molecule has 0 aliphatic heterocycles. The second-order valence-electron chi connectivity index (χ2n) is 2.81. The Labute approximate surface area is 96.0 Å². The van der Waals surface area contributed by atoms with E-state index in [-0.39, 0.29) is 4.91 Å². The third kappa shape index (κ3) is 4.41. The highest BCUT2D eigenvalue weighted by molar-refractivity contribution is 8.07. The van der Waals surface area contributed by atoms with E-state index in [2.05, 4.69) is 0 Å². The number of hydrogen-bond acceptors (Lipinski definition) is 3. The summed E-state index contributed by atoms with van der Waals surface area (Å²) in [5.41, 5.74) is -1.40. The van der Waals surface area contributed by atoms with Gasteiger partial charge in [-0.15, -0.1) is 0 Å². The van der Waals surface area contributed by atoms with Crippen LogP contribution in [0.5, 0.6) is 0 Å². The van der Waals surface area contributed by atoms with Gasteiger partial charge in [-0.25, -0.2) is 0 Å². The molecular formula is C10H9F3N2S. The molecule has 0 heterocycles. The lowest BCUT2D eigenvalue weighted by Crippen LogP contribution is -2.12. The molecule has 0 N–H and O–H groups in total. The molecule has 0 saturated carbocycles. The minimum absolute atomic E-state index is 0.282. The van der Waals surface area contributed by atoms with E-state index in [1.807, 2.05) is 0 Å². The normalized spacial score (nSPS) is 13.8. The SMILES string of the molecule is CC/C(=C\C(=C(/C)C#N)C(F)(F)F)SC#N. The van der Waals surface area contributed by atoms with E-state index in [0.717, 1.165) is 13.0 Å². The Morgan fingerprint density at radius 1 is 1.38 bits per heavy atom. The molecule has 0 atom stereocenters. The van der Waals surface area contributed by atoms with E-state index in [9.17, 15) is 13.2 Å². The number of hydrogen-bond donors (Lipinski definition) is 0. The van der Waals surface area contributed by atoms with Gasteiger partial charge in [-0.2, -0.15) is 23.7 Å². The van der Waals surface area contributed by atoms with Crippen molar-refractivity contribution in [3.8, 4) is 11.5 Å².